The largest absolute Gasteiger partial charge is 0.476 e. The zero-order chi connectivity index (χ0) is 11.6. The highest BCUT2D eigenvalue weighted by atomic mass is 79.9. The number of carboxylic acids is 1. The number of hydrogen-bond donors (Lipinski definition) is 1. The number of halogens is 4. The van der Waals surface area contributed by atoms with Crippen molar-refractivity contribution in [2.45, 2.75) is 11.8 Å². The van der Waals surface area contributed by atoms with Gasteiger partial charge in [-0.25, -0.2) is 18.6 Å². The third-order valence-corrected chi connectivity index (χ3v) is 2.65. The van der Waals surface area contributed by atoms with Crippen molar-refractivity contribution >= 4 is 33.5 Å². The van der Waals surface area contributed by atoms with E-state index in [-0.39, 0.29) is 15.9 Å². The Balaban J connectivity index is 3.38. The third-order valence-electron chi connectivity index (χ3n) is 1.62. The predicted molar refractivity (Wildman–Crippen MR) is 53.8 cm³/mol. The molecule has 0 saturated heterocycles. The second kappa shape index (κ2) is 4.85. The van der Waals surface area contributed by atoms with E-state index in [2.05, 4.69) is 20.9 Å². The lowest BCUT2D eigenvalue weighted by atomic mass is 10.2. The molecule has 0 bridgehead atoms. The van der Waals surface area contributed by atoms with Gasteiger partial charge >= 0.3 is 5.97 Å². The van der Waals surface area contributed by atoms with Crippen LogP contribution in [-0.4, -0.2) is 16.1 Å². The average molecular weight is 300 g/mol. The van der Waals surface area contributed by atoms with Crippen molar-refractivity contribution in [2.24, 2.45) is 0 Å². The number of carboxylic acid groups (broad SMARTS) is 1. The quantitative estimate of drug-likeness (QED) is 0.872. The summed E-state index contributed by atoms with van der Waals surface area (Å²) in [5.74, 6) is -1.43. The molecule has 0 fully saturated rings. The summed E-state index contributed by atoms with van der Waals surface area (Å²) in [6.07, 6.45) is -2.82. The number of rotatable bonds is 3. The fourth-order valence-electron chi connectivity index (χ4n) is 0.955. The first-order valence-corrected chi connectivity index (χ1v) is 5.24. The molecule has 0 atom stereocenters. The van der Waals surface area contributed by atoms with Crippen molar-refractivity contribution in [1.29, 1.82) is 0 Å². The van der Waals surface area contributed by atoms with Crippen LogP contribution in [0.25, 0.3) is 0 Å². The zero-order valence-corrected chi connectivity index (χ0v) is 9.52. The van der Waals surface area contributed by atoms with Gasteiger partial charge in [-0.3, -0.25) is 0 Å². The summed E-state index contributed by atoms with van der Waals surface area (Å²) in [4.78, 5) is 13.9. The molecule has 1 aromatic heterocycles. The molecule has 0 amide bonds. The summed E-state index contributed by atoms with van der Waals surface area (Å²) in [6.45, 7) is 0. The maximum atomic E-state index is 12.3. The third kappa shape index (κ3) is 2.63. The smallest absolute Gasteiger partial charge is 0.356 e. The first kappa shape index (κ1) is 12.3. The lowest BCUT2D eigenvalue weighted by Gasteiger charge is -2.07. The van der Waals surface area contributed by atoms with Crippen molar-refractivity contribution in [2.75, 3.05) is 0 Å². The molecule has 15 heavy (non-hydrogen) atoms. The van der Waals surface area contributed by atoms with E-state index in [9.17, 15) is 13.6 Å². The van der Waals surface area contributed by atoms with E-state index in [0.29, 0.717) is 0 Å². The molecule has 0 saturated carbocycles. The van der Waals surface area contributed by atoms with Crippen molar-refractivity contribution < 1.29 is 18.7 Å². The zero-order valence-electron chi connectivity index (χ0n) is 7.18. The summed E-state index contributed by atoms with van der Waals surface area (Å²) < 4.78 is 24.7. The lowest BCUT2D eigenvalue weighted by molar-refractivity contribution is 0.0689. The molecular formula is C8H5BrClF2NO2. The van der Waals surface area contributed by atoms with Gasteiger partial charge in [-0.1, -0.05) is 27.5 Å². The topological polar surface area (TPSA) is 50.2 Å². The van der Waals surface area contributed by atoms with Crippen LogP contribution in [0.4, 0.5) is 8.78 Å². The molecule has 0 spiro atoms. The highest BCUT2D eigenvalue weighted by Crippen LogP contribution is 2.27. The predicted octanol–water partition coefficient (Wildman–Crippen LogP) is 3.27. The number of nitrogens with zero attached hydrogens (tertiary/aromatic N) is 1. The van der Waals surface area contributed by atoms with E-state index in [0.717, 1.165) is 6.07 Å². The molecule has 0 unspecified atom stereocenters. The van der Waals surface area contributed by atoms with Gasteiger partial charge in [-0.05, 0) is 11.6 Å². The molecule has 0 radical (unpaired) electrons. The molecular weight excluding hydrogens is 295 g/mol. The highest BCUT2D eigenvalue weighted by molar-refractivity contribution is 9.08. The molecule has 0 aliphatic carbocycles. The van der Waals surface area contributed by atoms with Crippen molar-refractivity contribution in [3.05, 3.63) is 28.0 Å². The van der Waals surface area contributed by atoms with Crippen molar-refractivity contribution in [3.63, 3.8) is 0 Å². The summed E-state index contributed by atoms with van der Waals surface area (Å²) in [5.41, 5.74) is -0.866. The molecule has 1 rings (SSSR count). The van der Waals surface area contributed by atoms with Crippen LogP contribution < -0.4 is 0 Å². The molecule has 1 aromatic rings. The Kier molecular flexibility index (Phi) is 3.98. The SMILES string of the molecule is O=C(O)c1nc(C(F)F)cc(CBr)c1Cl. The standard InChI is InChI=1S/C8H5BrClF2NO2/c9-2-3-1-4(7(11)12)13-6(5(3)10)8(14)15/h1,7H,2H2,(H,14,15). The van der Waals surface area contributed by atoms with Crippen LogP contribution in [0.15, 0.2) is 6.07 Å². The van der Waals surface area contributed by atoms with Crippen LogP contribution >= 0.6 is 27.5 Å². The van der Waals surface area contributed by atoms with E-state index < -0.39 is 23.8 Å². The van der Waals surface area contributed by atoms with Gasteiger partial charge in [-0.15, -0.1) is 0 Å². The molecule has 3 nitrogen and oxygen atoms in total. The van der Waals surface area contributed by atoms with Gasteiger partial charge in [0.15, 0.2) is 5.69 Å². The molecule has 0 aromatic carbocycles. The van der Waals surface area contributed by atoms with Gasteiger partial charge in [0, 0.05) is 5.33 Å². The van der Waals surface area contributed by atoms with E-state index in [1.807, 2.05) is 0 Å². The van der Waals surface area contributed by atoms with E-state index >= 15 is 0 Å². The minimum Gasteiger partial charge on any atom is -0.476 e. The van der Waals surface area contributed by atoms with Gasteiger partial charge in [0.25, 0.3) is 6.43 Å². The Hall–Kier alpha value is -0.750. The van der Waals surface area contributed by atoms with Crippen LogP contribution in [0, 0.1) is 0 Å². The molecule has 1 N–H and O–H groups in total. The average Bonchev–Trinajstić information content (AvgIpc) is 2.17. The van der Waals surface area contributed by atoms with E-state index in [1.165, 1.54) is 0 Å². The second-order valence-corrected chi connectivity index (χ2v) is 3.55. The lowest BCUT2D eigenvalue weighted by Crippen LogP contribution is -2.06. The number of carbonyl (C=O) groups is 1. The molecule has 7 heteroatoms. The fraction of sp³-hybridized carbons (Fsp3) is 0.250. The van der Waals surface area contributed by atoms with Gasteiger partial charge in [-0.2, -0.15) is 0 Å². The number of aromatic nitrogens is 1. The van der Waals surface area contributed by atoms with Crippen LogP contribution in [0.1, 0.15) is 28.2 Å². The van der Waals surface area contributed by atoms with E-state index in [1.54, 1.807) is 0 Å². The Morgan fingerprint density at radius 2 is 2.27 bits per heavy atom. The van der Waals surface area contributed by atoms with Crippen molar-refractivity contribution in [1.82, 2.24) is 4.98 Å². The summed E-state index contributed by atoms with van der Waals surface area (Å²) in [5, 5.41) is 8.75. The van der Waals surface area contributed by atoms with Gasteiger partial charge < -0.3 is 5.11 Å². The molecule has 0 aliphatic rings. The van der Waals surface area contributed by atoms with E-state index in [4.69, 9.17) is 16.7 Å². The Morgan fingerprint density at radius 3 is 2.67 bits per heavy atom. The van der Waals surface area contributed by atoms with Crippen LogP contribution in [0.3, 0.4) is 0 Å². The Bertz CT molecular complexity index is 400. The number of alkyl halides is 3. The Labute approximate surface area is 97.2 Å². The first-order chi connectivity index (χ1) is 6.97. The monoisotopic (exact) mass is 299 g/mol. The summed E-state index contributed by atoms with van der Waals surface area (Å²) >= 11 is 8.69. The van der Waals surface area contributed by atoms with Gasteiger partial charge in [0.05, 0.1) is 5.02 Å². The maximum absolute atomic E-state index is 12.3. The number of aromatic carboxylic acids is 1. The second-order valence-electron chi connectivity index (χ2n) is 2.61. The molecule has 0 aliphatic heterocycles. The molecule has 82 valence electrons. The van der Waals surface area contributed by atoms with Crippen molar-refractivity contribution in [3.8, 4) is 0 Å². The molecule has 1 heterocycles. The minimum atomic E-state index is -2.82. The van der Waals surface area contributed by atoms with Gasteiger partial charge in [0.1, 0.15) is 5.69 Å². The fourth-order valence-corrected chi connectivity index (χ4v) is 1.80. The normalized spacial score (nSPS) is 10.7. The first-order valence-electron chi connectivity index (χ1n) is 3.74. The highest BCUT2D eigenvalue weighted by Gasteiger charge is 2.19. The van der Waals surface area contributed by atoms with Crippen LogP contribution in [0.2, 0.25) is 5.02 Å². The summed E-state index contributed by atoms with van der Waals surface area (Å²) in [6, 6.07) is 1.08. The number of hydrogen-bond acceptors (Lipinski definition) is 2. The minimum absolute atomic E-state index is 0.122. The summed E-state index contributed by atoms with van der Waals surface area (Å²) in [7, 11) is 0. The number of pyridine rings is 1. The Morgan fingerprint density at radius 1 is 1.67 bits per heavy atom. The maximum Gasteiger partial charge on any atom is 0.356 e. The van der Waals surface area contributed by atoms with Crippen LogP contribution in [-0.2, 0) is 5.33 Å². The van der Waals surface area contributed by atoms with Crippen LogP contribution in [0.5, 0.6) is 0 Å². The van der Waals surface area contributed by atoms with Gasteiger partial charge in [0.2, 0.25) is 0 Å².